The minimum absolute atomic E-state index is 1.03. The Hall–Kier alpha value is -3.38. The first kappa shape index (κ1) is 22.1. The molecule has 2 aliphatic rings. The van der Waals surface area contributed by atoms with E-state index >= 15 is 0 Å². The van der Waals surface area contributed by atoms with E-state index in [2.05, 4.69) is 98.8 Å². The third-order valence-electron chi connectivity index (χ3n) is 7.90. The van der Waals surface area contributed by atoms with Gasteiger partial charge in [0.25, 0.3) is 0 Å². The minimum atomic E-state index is 1.03. The van der Waals surface area contributed by atoms with Crippen molar-refractivity contribution in [1.82, 2.24) is 0 Å². The number of hydrogen-bond donors (Lipinski definition) is 0. The first-order valence-electron chi connectivity index (χ1n) is 13.5. The van der Waals surface area contributed by atoms with Gasteiger partial charge in [0.05, 0.1) is 0 Å². The van der Waals surface area contributed by atoms with Crippen molar-refractivity contribution in [3.63, 3.8) is 0 Å². The normalized spacial score (nSPS) is 13.7. The summed E-state index contributed by atoms with van der Waals surface area (Å²) < 4.78 is 0. The van der Waals surface area contributed by atoms with E-state index in [1.54, 1.807) is 5.57 Å². The number of rotatable bonds is 7. The molecule has 0 N–H and O–H groups in total. The van der Waals surface area contributed by atoms with Gasteiger partial charge in [-0.05, 0) is 98.0 Å². The van der Waals surface area contributed by atoms with Crippen LogP contribution in [0.2, 0.25) is 0 Å². The molecule has 0 nitrogen and oxygen atoms in total. The van der Waals surface area contributed by atoms with Gasteiger partial charge in [-0.15, -0.1) is 0 Å². The quantitative estimate of drug-likeness (QED) is 0.216. The van der Waals surface area contributed by atoms with E-state index in [4.69, 9.17) is 0 Å². The lowest BCUT2D eigenvalue weighted by molar-refractivity contribution is 0.762. The van der Waals surface area contributed by atoms with Crippen molar-refractivity contribution in [2.45, 2.75) is 58.8 Å². The third kappa shape index (κ3) is 3.67. The zero-order chi connectivity index (χ0) is 23.8. The van der Waals surface area contributed by atoms with Gasteiger partial charge in [0.15, 0.2) is 0 Å². The third-order valence-corrected chi connectivity index (χ3v) is 7.90. The highest BCUT2D eigenvalue weighted by Gasteiger charge is 2.24. The van der Waals surface area contributed by atoms with Crippen molar-refractivity contribution in [1.29, 1.82) is 0 Å². The van der Waals surface area contributed by atoms with Crippen LogP contribution in [0.1, 0.15) is 69.9 Å². The van der Waals surface area contributed by atoms with E-state index in [0.717, 1.165) is 6.42 Å². The second kappa shape index (κ2) is 9.34. The van der Waals surface area contributed by atoms with Crippen LogP contribution in [0.15, 0.2) is 78.9 Å². The van der Waals surface area contributed by atoms with Crippen LogP contribution in [0.3, 0.4) is 0 Å². The van der Waals surface area contributed by atoms with Gasteiger partial charge in [0, 0.05) is 0 Å². The molecule has 2 aliphatic carbocycles. The highest BCUT2D eigenvalue weighted by Crippen LogP contribution is 2.43. The maximum atomic E-state index is 2.45. The van der Waals surface area contributed by atoms with Gasteiger partial charge in [-0.1, -0.05) is 111 Å². The van der Waals surface area contributed by atoms with Crippen LogP contribution in [0.5, 0.6) is 0 Å². The molecule has 4 aromatic carbocycles. The lowest BCUT2D eigenvalue weighted by atomic mass is 9.85. The number of fused-ring (bicyclic) bond motifs is 8. The molecule has 4 aromatic rings. The Labute approximate surface area is 209 Å². The van der Waals surface area contributed by atoms with Gasteiger partial charge < -0.3 is 0 Å². The molecule has 0 fully saturated rings. The Kier molecular flexibility index (Phi) is 5.90. The zero-order valence-corrected chi connectivity index (χ0v) is 21.0. The molecule has 0 saturated carbocycles. The summed E-state index contributed by atoms with van der Waals surface area (Å²) in [6, 6.07) is 22.8. The molecule has 0 atom stereocenters. The molecule has 0 amide bonds. The van der Waals surface area contributed by atoms with E-state index in [1.807, 2.05) is 0 Å². The fourth-order valence-electron chi connectivity index (χ4n) is 6.19. The zero-order valence-electron chi connectivity index (χ0n) is 21.0. The summed E-state index contributed by atoms with van der Waals surface area (Å²) in [5.74, 6) is 0. The average Bonchev–Trinajstić information content (AvgIpc) is 3.57. The minimum Gasteiger partial charge on any atom is -0.0801 e. The number of allylic oxidation sites excluding steroid dienone is 4. The van der Waals surface area contributed by atoms with Gasteiger partial charge in [0.2, 0.25) is 0 Å². The van der Waals surface area contributed by atoms with E-state index in [-0.39, 0.29) is 0 Å². The Balaban J connectivity index is 1.75. The van der Waals surface area contributed by atoms with Gasteiger partial charge in [-0.3, -0.25) is 0 Å². The van der Waals surface area contributed by atoms with Crippen molar-refractivity contribution in [2.75, 3.05) is 0 Å². The van der Waals surface area contributed by atoms with Gasteiger partial charge in [0.1, 0.15) is 0 Å². The van der Waals surface area contributed by atoms with E-state index in [0.29, 0.717) is 0 Å². The maximum Gasteiger partial charge on any atom is -0.00138 e. The monoisotopic (exact) mass is 454 g/mol. The first-order chi connectivity index (χ1) is 17.3. The van der Waals surface area contributed by atoms with Crippen LogP contribution in [0.4, 0.5) is 0 Å². The summed E-state index contributed by atoms with van der Waals surface area (Å²) in [7, 11) is 0. The molecule has 174 valence electrons. The molecular formula is C35H34. The highest BCUT2D eigenvalue weighted by molar-refractivity contribution is 6.20. The molecular weight excluding hydrogens is 420 g/mol. The summed E-state index contributed by atoms with van der Waals surface area (Å²) in [5.41, 5.74) is 8.90. The summed E-state index contributed by atoms with van der Waals surface area (Å²) in [4.78, 5) is 0. The summed E-state index contributed by atoms with van der Waals surface area (Å²) >= 11 is 0. The molecule has 0 radical (unpaired) electrons. The summed E-state index contributed by atoms with van der Waals surface area (Å²) in [6.45, 7) is 4.62. The van der Waals surface area contributed by atoms with E-state index in [9.17, 15) is 0 Å². The molecule has 0 saturated heterocycles. The van der Waals surface area contributed by atoms with Crippen LogP contribution in [0, 0.1) is 0 Å². The lowest BCUT2D eigenvalue weighted by Crippen LogP contribution is -2.20. The van der Waals surface area contributed by atoms with Crippen LogP contribution >= 0.6 is 0 Å². The van der Waals surface area contributed by atoms with E-state index < -0.39 is 0 Å². The second-order valence-corrected chi connectivity index (χ2v) is 10.1. The van der Waals surface area contributed by atoms with Gasteiger partial charge in [-0.2, -0.15) is 0 Å². The molecule has 0 spiro atoms. The molecule has 0 heterocycles. The summed E-state index contributed by atoms with van der Waals surface area (Å²) in [5, 5.41) is 8.33. The van der Waals surface area contributed by atoms with Crippen molar-refractivity contribution >= 4 is 38.8 Å². The fraction of sp³-hybridized carbons (Fsp3) is 0.257. The average molecular weight is 455 g/mol. The van der Waals surface area contributed by atoms with E-state index in [1.165, 1.54) is 98.3 Å². The number of hydrogen-bond acceptors (Lipinski definition) is 0. The smallest absolute Gasteiger partial charge is 0.00138 e. The molecule has 0 aliphatic heterocycles. The SMILES string of the molecule is CCCCC(CCCC)=c1ccc2c(c1C1=CC=CC1)-c1c(c3ccccc3c3ccccc13)C=2. The molecule has 0 heteroatoms. The second-order valence-electron chi connectivity index (χ2n) is 10.1. The molecule has 6 rings (SSSR count). The Morgan fingerprint density at radius 1 is 0.686 bits per heavy atom. The standard InChI is InChI=1S/C35H34/c1-3-5-13-24(14-6-4-2)27-22-21-26-23-32-30-19-10-9-17-28(30)29-18-11-12-20-31(29)35(32)34(26)33(27)25-15-7-8-16-25/h7-12,15,17-23H,3-6,13-14,16H2,1-2H3. The Morgan fingerprint density at radius 3 is 2.00 bits per heavy atom. The lowest BCUT2D eigenvalue weighted by Gasteiger charge is -2.18. The topological polar surface area (TPSA) is 0 Å². The highest BCUT2D eigenvalue weighted by atomic mass is 14.3. The van der Waals surface area contributed by atoms with Gasteiger partial charge >= 0.3 is 0 Å². The summed E-state index contributed by atoms with van der Waals surface area (Å²) in [6.07, 6.45) is 17.8. The molecule has 0 bridgehead atoms. The van der Waals surface area contributed by atoms with Crippen molar-refractivity contribution in [3.05, 3.63) is 100 Å². The van der Waals surface area contributed by atoms with Gasteiger partial charge in [-0.25, -0.2) is 0 Å². The predicted molar refractivity (Wildman–Crippen MR) is 154 cm³/mol. The number of unbranched alkanes of at least 4 members (excludes halogenated alkanes) is 2. The largest absolute Gasteiger partial charge is 0.0801 e. The van der Waals surface area contributed by atoms with Crippen LogP contribution in [-0.2, 0) is 0 Å². The molecule has 0 aromatic heterocycles. The Bertz CT molecular complexity index is 1610. The van der Waals surface area contributed by atoms with Crippen LogP contribution in [-0.4, -0.2) is 0 Å². The van der Waals surface area contributed by atoms with Crippen molar-refractivity contribution in [2.24, 2.45) is 0 Å². The molecule has 0 unspecified atom stereocenters. The maximum absolute atomic E-state index is 2.45. The molecule has 35 heavy (non-hydrogen) atoms. The number of benzene rings is 4. The van der Waals surface area contributed by atoms with Crippen LogP contribution < -0.4 is 10.4 Å². The van der Waals surface area contributed by atoms with Crippen molar-refractivity contribution in [3.8, 4) is 11.1 Å². The van der Waals surface area contributed by atoms with Crippen LogP contribution in [0.25, 0.3) is 49.9 Å². The fourth-order valence-corrected chi connectivity index (χ4v) is 6.19. The predicted octanol–water partition coefficient (Wildman–Crippen LogP) is 8.68. The Morgan fingerprint density at radius 2 is 1.34 bits per heavy atom. The first-order valence-corrected chi connectivity index (χ1v) is 13.5. The van der Waals surface area contributed by atoms with Crippen molar-refractivity contribution < 1.29 is 0 Å².